The van der Waals surface area contributed by atoms with Gasteiger partial charge in [0, 0.05) is 24.1 Å². The van der Waals surface area contributed by atoms with Gasteiger partial charge in [0.25, 0.3) is 5.78 Å². The maximum atomic E-state index is 12.3. The summed E-state index contributed by atoms with van der Waals surface area (Å²) in [5.74, 6) is -0.0527. The lowest BCUT2D eigenvalue weighted by Gasteiger charge is -2.03. The number of fused-ring (bicyclic) bond motifs is 1. The van der Waals surface area contributed by atoms with Crippen molar-refractivity contribution in [1.29, 1.82) is 0 Å². The van der Waals surface area contributed by atoms with Crippen molar-refractivity contribution in [3.8, 4) is 0 Å². The monoisotopic (exact) mass is 337 g/mol. The van der Waals surface area contributed by atoms with Crippen LogP contribution in [0.5, 0.6) is 0 Å². The molecule has 0 saturated heterocycles. The van der Waals surface area contributed by atoms with Gasteiger partial charge >= 0.3 is 5.91 Å². The summed E-state index contributed by atoms with van der Waals surface area (Å²) >= 11 is 0. The summed E-state index contributed by atoms with van der Waals surface area (Å²) in [5, 5.41) is 11.4. The molecule has 0 atom stereocenters. The van der Waals surface area contributed by atoms with Crippen molar-refractivity contribution in [2.45, 2.75) is 20.8 Å². The van der Waals surface area contributed by atoms with Crippen LogP contribution in [0, 0.1) is 13.8 Å². The Morgan fingerprint density at radius 3 is 2.56 bits per heavy atom. The van der Waals surface area contributed by atoms with Crippen LogP contribution in [0.3, 0.4) is 0 Å². The molecule has 128 valence electrons. The first-order valence-corrected chi connectivity index (χ1v) is 7.82. The molecule has 0 aliphatic carbocycles. The lowest BCUT2D eigenvalue weighted by molar-refractivity contribution is 0.0944. The second kappa shape index (κ2) is 6.68. The van der Waals surface area contributed by atoms with Crippen molar-refractivity contribution in [2.75, 3.05) is 12.4 Å². The molecule has 3 aromatic rings. The first-order valence-electron chi connectivity index (χ1n) is 7.82. The number of carbonyl (C=O) groups is 1. The van der Waals surface area contributed by atoms with Crippen LogP contribution in [0.1, 0.15) is 34.5 Å². The van der Waals surface area contributed by atoms with Gasteiger partial charge in [0.2, 0.25) is 5.82 Å². The van der Waals surface area contributed by atoms with Crippen LogP contribution in [0.2, 0.25) is 0 Å². The van der Waals surface area contributed by atoms with E-state index in [9.17, 15) is 4.79 Å². The average Bonchev–Trinajstić information content (AvgIpc) is 3.04. The number of anilines is 1. The highest BCUT2D eigenvalue weighted by Gasteiger charge is 2.14. The first kappa shape index (κ1) is 16.6. The molecule has 1 aromatic carbocycles. The minimum absolute atomic E-state index is 0.0308. The molecule has 0 fully saturated rings. The number of hydrogen-bond acceptors (Lipinski definition) is 6. The van der Waals surface area contributed by atoms with Crippen molar-refractivity contribution in [3.63, 3.8) is 0 Å². The number of carbonyl (C=O) groups excluding carboxylic acids is 1. The van der Waals surface area contributed by atoms with Crippen LogP contribution in [0.15, 0.2) is 35.4 Å². The Kier molecular flexibility index (Phi) is 4.42. The van der Waals surface area contributed by atoms with Crippen molar-refractivity contribution >= 4 is 23.1 Å². The van der Waals surface area contributed by atoms with E-state index in [-0.39, 0.29) is 5.82 Å². The van der Waals surface area contributed by atoms with Gasteiger partial charge in [-0.2, -0.15) is 10.1 Å². The lowest BCUT2D eigenvalue weighted by Crippen LogP contribution is -2.20. The fraction of sp³-hybridized carbons (Fsp3) is 0.235. The maximum Gasteiger partial charge on any atom is 0.311 e. The Morgan fingerprint density at radius 2 is 1.88 bits per heavy atom. The number of hydrogen-bond donors (Lipinski definition) is 2. The summed E-state index contributed by atoms with van der Waals surface area (Å²) in [5.41, 5.74) is 6.77. The summed E-state index contributed by atoms with van der Waals surface area (Å²) in [7, 11) is 1.86. The Balaban J connectivity index is 1.78. The van der Waals surface area contributed by atoms with Crippen molar-refractivity contribution in [3.05, 3.63) is 53.1 Å². The molecule has 0 aliphatic rings. The summed E-state index contributed by atoms with van der Waals surface area (Å²) in [4.78, 5) is 20.7. The highest BCUT2D eigenvalue weighted by molar-refractivity contribution is 6.00. The number of nitrogens with zero attached hydrogens (tertiary/aromatic N) is 5. The predicted molar refractivity (Wildman–Crippen MR) is 95.9 cm³/mol. The molecule has 8 nitrogen and oxygen atoms in total. The summed E-state index contributed by atoms with van der Waals surface area (Å²) in [6.07, 6.45) is 0. The average molecular weight is 337 g/mol. The molecule has 25 heavy (non-hydrogen) atoms. The third-order valence-electron chi connectivity index (χ3n) is 3.74. The van der Waals surface area contributed by atoms with Gasteiger partial charge in [-0.1, -0.05) is 12.1 Å². The third-order valence-corrected chi connectivity index (χ3v) is 3.74. The van der Waals surface area contributed by atoms with E-state index < -0.39 is 5.91 Å². The van der Waals surface area contributed by atoms with E-state index >= 15 is 0 Å². The summed E-state index contributed by atoms with van der Waals surface area (Å²) < 4.78 is 1.54. The SMILES string of the molecule is CNc1ccc(/C(C)=N\NC(=O)c2nc3nc(C)cc(C)n3n2)cc1. The molecule has 0 aliphatic heterocycles. The number of rotatable bonds is 4. The zero-order valence-corrected chi connectivity index (χ0v) is 14.5. The van der Waals surface area contributed by atoms with Crippen LogP contribution in [0.25, 0.3) is 5.78 Å². The second-order valence-electron chi connectivity index (χ2n) is 5.65. The minimum atomic E-state index is -0.478. The number of hydrazone groups is 1. The highest BCUT2D eigenvalue weighted by atomic mass is 16.2. The van der Waals surface area contributed by atoms with Crippen LogP contribution < -0.4 is 10.7 Å². The van der Waals surface area contributed by atoms with E-state index in [4.69, 9.17) is 0 Å². The Hall–Kier alpha value is -3.29. The zero-order chi connectivity index (χ0) is 18.0. The molecule has 2 N–H and O–H groups in total. The van der Waals surface area contributed by atoms with Gasteiger partial charge in [-0.15, -0.1) is 5.10 Å². The maximum absolute atomic E-state index is 12.3. The number of aryl methyl sites for hydroxylation is 2. The van der Waals surface area contributed by atoms with Gasteiger partial charge in [-0.05, 0) is 44.5 Å². The van der Waals surface area contributed by atoms with Crippen LogP contribution in [-0.4, -0.2) is 38.2 Å². The van der Waals surface area contributed by atoms with E-state index in [0.29, 0.717) is 11.5 Å². The van der Waals surface area contributed by atoms with Crippen LogP contribution in [-0.2, 0) is 0 Å². The minimum Gasteiger partial charge on any atom is -0.388 e. The smallest absolute Gasteiger partial charge is 0.311 e. The topological polar surface area (TPSA) is 96.6 Å². The molecule has 0 saturated carbocycles. The van der Waals surface area contributed by atoms with E-state index in [0.717, 1.165) is 22.6 Å². The number of amides is 1. The number of aromatic nitrogens is 4. The predicted octanol–water partition coefficient (Wildman–Crippen LogP) is 1.94. The number of benzene rings is 1. The van der Waals surface area contributed by atoms with Crippen LogP contribution in [0.4, 0.5) is 5.69 Å². The van der Waals surface area contributed by atoms with Gasteiger partial charge in [0.05, 0.1) is 5.71 Å². The lowest BCUT2D eigenvalue weighted by atomic mass is 10.1. The largest absolute Gasteiger partial charge is 0.388 e. The van der Waals surface area contributed by atoms with Gasteiger partial charge in [0.15, 0.2) is 0 Å². The van der Waals surface area contributed by atoms with Crippen molar-refractivity contribution in [2.24, 2.45) is 5.10 Å². The second-order valence-corrected chi connectivity index (χ2v) is 5.65. The zero-order valence-electron chi connectivity index (χ0n) is 14.5. The Bertz CT molecular complexity index is 957. The van der Waals surface area contributed by atoms with Gasteiger partial charge in [0.1, 0.15) is 0 Å². The Morgan fingerprint density at radius 1 is 1.16 bits per heavy atom. The summed E-state index contributed by atoms with van der Waals surface area (Å²) in [6, 6.07) is 9.61. The van der Waals surface area contributed by atoms with E-state index in [2.05, 4.69) is 30.9 Å². The standard InChI is InChI=1S/C17H19N7O/c1-10-9-11(2)24-17(19-10)20-15(23-24)16(25)22-21-12(3)13-5-7-14(18-4)8-6-13/h5-9,18H,1-4H3,(H,22,25)/b21-12-. The fourth-order valence-electron chi connectivity index (χ4n) is 2.39. The summed E-state index contributed by atoms with van der Waals surface area (Å²) in [6.45, 7) is 5.57. The Labute approximate surface area is 145 Å². The molecule has 8 heteroatoms. The first-order chi connectivity index (χ1) is 12.0. The molecule has 0 spiro atoms. The molecule has 0 radical (unpaired) electrons. The molecular weight excluding hydrogens is 318 g/mol. The van der Waals surface area contributed by atoms with Gasteiger partial charge in [-0.3, -0.25) is 4.79 Å². The molecule has 1 amide bonds. The van der Waals surface area contributed by atoms with Gasteiger partial charge in [-0.25, -0.2) is 14.9 Å². The van der Waals surface area contributed by atoms with E-state index in [1.165, 1.54) is 4.52 Å². The quantitative estimate of drug-likeness (QED) is 0.560. The molecule has 0 bridgehead atoms. The normalized spacial score (nSPS) is 11.6. The van der Waals surface area contributed by atoms with Gasteiger partial charge < -0.3 is 5.32 Å². The van der Waals surface area contributed by atoms with E-state index in [1.807, 2.05) is 58.2 Å². The van der Waals surface area contributed by atoms with E-state index in [1.54, 1.807) is 0 Å². The van der Waals surface area contributed by atoms with Crippen LogP contribution >= 0.6 is 0 Å². The number of nitrogens with one attached hydrogen (secondary N) is 2. The van der Waals surface area contributed by atoms with Crippen molar-refractivity contribution < 1.29 is 4.79 Å². The highest BCUT2D eigenvalue weighted by Crippen LogP contribution is 2.09. The third kappa shape index (κ3) is 3.47. The molecule has 2 heterocycles. The molecular formula is C17H19N7O. The van der Waals surface area contributed by atoms with Crippen molar-refractivity contribution in [1.82, 2.24) is 25.0 Å². The molecule has 0 unspecified atom stereocenters. The molecule has 2 aromatic heterocycles. The molecule has 3 rings (SSSR count). The fourth-order valence-corrected chi connectivity index (χ4v) is 2.39.